The lowest BCUT2D eigenvalue weighted by Gasteiger charge is -2.10. The smallest absolute Gasteiger partial charge is 0.228 e. The van der Waals surface area contributed by atoms with E-state index in [0.717, 1.165) is 30.5 Å². The van der Waals surface area contributed by atoms with Gasteiger partial charge in [0.15, 0.2) is 17.4 Å². The molecule has 0 saturated heterocycles. The Balaban J connectivity index is 1.93. The first-order valence-corrected chi connectivity index (χ1v) is 8.60. The average molecular weight is 374 g/mol. The summed E-state index contributed by atoms with van der Waals surface area (Å²) in [6.07, 6.45) is 2.03. The molecular formula is C22H18F4O. The van der Waals surface area contributed by atoms with Crippen LogP contribution in [0, 0.1) is 17.5 Å². The molecule has 1 nitrogen and oxygen atoms in total. The van der Waals surface area contributed by atoms with Gasteiger partial charge < -0.3 is 4.74 Å². The second-order valence-corrected chi connectivity index (χ2v) is 6.16. The molecule has 0 N–H and O–H groups in total. The first kappa shape index (κ1) is 19.0. The van der Waals surface area contributed by atoms with Gasteiger partial charge in [-0.15, -0.1) is 0 Å². The SMILES string of the molecule is CCCc1ccc(-c2ccc(-c3cc(F)c(OCF)c(F)c3)c(F)c2)cc1. The summed E-state index contributed by atoms with van der Waals surface area (Å²) >= 11 is 0. The quantitative estimate of drug-likeness (QED) is 0.437. The van der Waals surface area contributed by atoms with Crippen LogP contribution in [-0.2, 0) is 6.42 Å². The van der Waals surface area contributed by atoms with Gasteiger partial charge in [-0.05, 0) is 46.9 Å². The highest BCUT2D eigenvalue weighted by Gasteiger charge is 2.16. The van der Waals surface area contributed by atoms with Crippen molar-refractivity contribution in [3.05, 3.63) is 77.6 Å². The van der Waals surface area contributed by atoms with Crippen molar-refractivity contribution in [1.82, 2.24) is 0 Å². The van der Waals surface area contributed by atoms with Crippen molar-refractivity contribution in [2.24, 2.45) is 0 Å². The zero-order valence-corrected chi connectivity index (χ0v) is 14.7. The third-order valence-electron chi connectivity index (χ3n) is 4.30. The molecule has 3 aromatic rings. The normalized spacial score (nSPS) is 10.9. The van der Waals surface area contributed by atoms with Gasteiger partial charge in [-0.25, -0.2) is 17.6 Å². The highest BCUT2D eigenvalue weighted by atomic mass is 19.1. The molecule has 3 aromatic carbocycles. The highest BCUT2D eigenvalue weighted by molar-refractivity contribution is 5.71. The van der Waals surface area contributed by atoms with Crippen LogP contribution < -0.4 is 4.74 Å². The van der Waals surface area contributed by atoms with Crippen molar-refractivity contribution in [3.63, 3.8) is 0 Å². The van der Waals surface area contributed by atoms with E-state index in [0.29, 0.717) is 5.56 Å². The van der Waals surface area contributed by atoms with Gasteiger partial charge in [0.2, 0.25) is 6.86 Å². The Morgan fingerprint density at radius 1 is 0.741 bits per heavy atom. The summed E-state index contributed by atoms with van der Waals surface area (Å²) in [5.74, 6) is -3.59. The molecule has 0 aliphatic heterocycles. The lowest BCUT2D eigenvalue weighted by atomic mass is 9.98. The van der Waals surface area contributed by atoms with E-state index in [1.165, 1.54) is 17.7 Å². The molecule has 0 aromatic heterocycles. The van der Waals surface area contributed by atoms with Crippen molar-refractivity contribution < 1.29 is 22.3 Å². The third-order valence-corrected chi connectivity index (χ3v) is 4.30. The first-order chi connectivity index (χ1) is 13.0. The minimum Gasteiger partial charge on any atom is -0.457 e. The van der Waals surface area contributed by atoms with Crippen LogP contribution >= 0.6 is 0 Å². The summed E-state index contributed by atoms with van der Waals surface area (Å²) in [7, 11) is 0. The predicted molar refractivity (Wildman–Crippen MR) is 97.8 cm³/mol. The zero-order chi connectivity index (χ0) is 19.4. The van der Waals surface area contributed by atoms with E-state index < -0.39 is 30.1 Å². The van der Waals surface area contributed by atoms with Gasteiger partial charge in [0.1, 0.15) is 5.82 Å². The molecule has 27 heavy (non-hydrogen) atoms. The van der Waals surface area contributed by atoms with E-state index in [9.17, 15) is 17.6 Å². The molecule has 0 amide bonds. The average Bonchev–Trinajstić information content (AvgIpc) is 2.65. The van der Waals surface area contributed by atoms with E-state index in [1.807, 2.05) is 24.3 Å². The monoisotopic (exact) mass is 374 g/mol. The van der Waals surface area contributed by atoms with Crippen LogP contribution in [0.25, 0.3) is 22.3 Å². The largest absolute Gasteiger partial charge is 0.457 e. The van der Waals surface area contributed by atoms with Crippen molar-refractivity contribution in [2.75, 3.05) is 6.86 Å². The molecule has 0 heterocycles. The van der Waals surface area contributed by atoms with E-state index in [2.05, 4.69) is 11.7 Å². The molecule has 0 aliphatic carbocycles. The van der Waals surface area contributed by atoms with Gasteiger partial charge in [0, 0.05) is 5.56 Å². The Morgan fingerprint density at radius 3 is 1.89 bits per heavy atom. The summed E-state index contributed by atoms with van der Waals surface area (Å²) in [6, 6.07) is 14.2. The van der Waals surface area contributed by atoms with Crippen LogP contribution in [-0.4, -0.2) is 6.86 Å². The fourth-order valence-electron chi connectivity index (χ4n) is 2.99. The fourth-order valence-corrected chi connectivity index (χ4v) is 2.99. The summed E-state index contributed by atoms with van der Waals surface area (Å²) < 4.78 is 58.9. The van der Waals surface area contributed by atoms with Crippen LogP contribution in [0.1, 0.15) is 18.9 Å². The molecule has 0 aliphatic rings. The maximum absolute atomic E-state index is 14.6. The minimum atomic E-state index is -1.35. The van der Waals surface area contributed by atoms with Gasteiger partial charge in [0.05, 0.1) is 0 Å². The van der Waals surface area contributed by atoms with Crippen molar-refractivity contribution in [3.8, 4) is 28.0 Å². The molecule has 0 unspecified atom stereocenters. The molecule has 0 spiro atoms. The van der Waals surface area contributed by atoms with Crippen LogP contribution in [0.5, 0.6) is 5.75 Å². The molecule has 3 rings (SSSR count). The lowest BCUT2D eigenvalue weighted by molar-refractivity contribution is 0.176. The van der Waals surface area contributed by atoms with E-state index in [4.69, 9.17) is 0 Å². The zero-order valence-electron chi connectivity index (χ0n) is 14.7. The van der Waals surface area contributed by atoms with Gasteiger partial charge in [-0.3, -0.25) is 0 Å². The van der Waals surface area contributed by atoms with Crippen molar-refractivity contribution in [2.45, 2.75) is 19.8 Å². The van der Waals surface area contributed by atoms with Crippen molar-refractivity contribution >= 4 is 0 Å². The Kier molecular flexibility index (Phi) is 5.79. The van der Waals surface area contributed by atoms with Crippen LogP contribution in [0.3, 0.4) is 0 Å². The van der Waals surface area contributed by atoms with E-state index in [1.54, 1.807) is 6.07 Å². The number of halogens is 4. The van der Waals surface area contributed by atoms with Gasteiger partial charge in [0.25, 0.3) is 0 Å². The third kappa shape index (κ3) is 4.13. The minimum absolute atomic E-state index is 0.0125. The molecule has 0 fully saturated rings. The fraction of sp³-hybridized carbons (Fsp3) is 0.182. The molecule has 0 saturated carbocycles. The molecule has 0 radical (unpaired) electrons. The van der Waals surface area contributed by atoms with E-state index in [-0.39, 0.29) is 11.1 Å². The number of rotatable bonds is 6. The highest BCUT2D eigenvalue weighted by Crippen LogP contribution is 2.32. The Bertz CT molecular complexity index is 913. The van der Waals surface area contributed by atoms with Crippen LogP contribution in [0.4, 0.5) is 17.6 Å². The van der Waals surface area contributed by atoms with Gasteiger partial charge >= 0.3 is 0 Å². The maximum atomic E-state index is 14.6. The predicted octanol–water partition coefficient (Wildman–Crippen LogP) is 6.70. The number of ether oxygens (including phenoxy) is 1. The number of aryl methyl sites for hydroxylation is 1. The maximum Gasteiger partial charge on any atom is 0.228 e. The Labute approximate surface area is 155 Å². The standard InChI is InChI=1S/C22H18F4O/c1-2-3-14-4-6-15(7-5-14)16-8-9-18(19(24)10-16)17-11-20(25)22(27-13-23)21(26)12-17/h4-12H,2-3,13H2,1H3. The molecular weight excluding hydrogens is 356 g/mol. The number of hydrogen-bond donors (Lipinski definition) is 0. The molecule has 5 heteroatoms. The van der Waals surface area contributed by atoms with Gasteiger partial charge in [-0.2, -0.15) is 0 Å². The number of benzene rings is 3. The Hall–Kier alpha value is -2.82. The van der Waals surface area contributed by atoms with Crippen LogP contribution in [0.15, 0.2) is 54.6 Å². The second-order valence-electron chi connectivity index (χ2n) is 6.16. The summed E-state index contributed by atoms with van der Waals surface area (Å²) in [5.41, 5.74) is 2.78. The summed E-state index contributed by atoms with van der Waals surface area (Å²) in [4.78, 5) is 0. The molecule has 0 atom stereocenters. The molecule has 140 valence electrons. The van der Waals surface area contributed by atoms with E-state index >= 15 is 0 Å². The van der Waals surface area contributed by atoms with Crippen molar-refractivity contribution in [1.29, 1.82) is 0 Å². The first-order valence-electron chi connectivity index (χ1n) is 8.60. The van der Waals surface area contributed by atoms with Crippen LogP contribution in [0.2, 0.25) is 0 Å². The Morgan fingerprint density at radius 2 is 1.33 bits per heavy atom. The number of alkyl halides is 1. The molecule has 0 bridgehead atoms. The topological polar surface area (TPSA) is 9.23 Å². The second kappa shape index (κ2) is 8.25. The summed E-state index contributed by atoms with van der Waals surface area (Å²) in [6.45, 7) is 0.747. The number of hydrogen-bond acceptors (Lipinski definition) is 1. The lowest BCUT2D eigenvalue weighted by Crippen LogP contribution is -1.98. The van der Waals surface area contributed by atoms with Gasteiger partial charge in [-0.1, -0.05) is 49.7 Å². The summed E-state index contributed by atoms with van der Waals surface area (Å²) in [5, 5.41) is 0.